The van der Waals surface area contributed by atoms with Gasteiger partial charge in [-0.15, -0.1) is 0 Å². The van der Waals surface area contributed by atoms with Crippen LogP contribution in [0, 0.1) is 11.7 Å². The van der Waals surface area contributed by atoms with E-state index in [-0.39, 0.29) is 36.0 Å². The van der Waals surface area contributed by atoms with Gasteiger partial charge in [0.1, 0.15) is 17.8 Å². The Hall–Kier alpha value is -2.37. The molecule has 0 unspecified atom stereocenters. The van der Waals surface area contributed by atoms with Crippen molar-refractivity contribution in [2.24, 2.45) is 5.92 Å². The molecule has 6 heteroatoms. The predicted octanol–water partition coefficient (Wildman–Crippen LogP) is 3.51. The summed E-state index contributed by atoms with van der Waals surface area (Å²) in [5, 5.41) is 0. The molecule has 1 atom stereocenters. The van der Waals surface area contributed by atoms with Gasteiger partial charge in [0.15, 0.2) is 12.3 Å². The SMILES string of the molecule is CC(C)[C@@H](C)N(C)C(=O)c1coc(COc2cccc(F)c2)n1. The highest BCUT2D eigenvalue weighted by Crippen LogP contribution is 2.15. The van der Waals surface area contributed by atoms with Gasteiger partial charge in [-0.25, -0.2) is 9.37 Å². The Morgan fingerprint density at radius 2 is 2.13 bits per heavy atom. The summed E-state index contributed by atoms with van der Waals surface area (Å²) in [7, 11) is 1.74. The van der Waals surface area contributed by atoms with Crippen LogP contribution < -0.4 is 4.74 Å². The number of amides is 1. The van der Waals surface area contributed by atoms with Gasteiger partial charge in [-0.05, 0) is 25.0 Å². The van der Waals surface area contributed by atoms with Crippen molar-refractivity contribution >= 4 is 5.91 Å². The maximum atomic E-state index is 13.1. The van der Waals surface area contributed by atoms with Crippen LogP contribution in [0.15, 0.2) is 34.9 Å². The summed E-state index contributed by atoms with van der Waals surface area (Å²) in [4.78, 5) is 18.1. The van der Waals surface area contributed by atoms with Gasteiger partial charge in [-0.2, -0.15) is 0 Å². The molecule has 0 fully saturated rings. The smallest absolute Gasteiger partial charge is 0.275 e. The lowest BCUT2D eigenvalue weighted by Crippen LogP contribution is -2.38. The van der Waals surface area contributed by atoms with Crippen molar-refractivity contribution < 1.29 is 18.3 Å². The lowest BCUT2D eigenvalue weighted by Gasteiger charge is -2.27. The standard InChI is InChI=1S/C17H21FN2O3/c1-11(2)12(3)20(4)17(21)15-9-23-16(19-15)10-22-14-7-5-6-13(18)8-14/h5-9,11-12H,10H2,1-4H3/t12-/m1/s1. The van der Waals surface area contributed by atoms with Crippen LogP contribution in [-0.4, -0.2) is 28.9 Å². The molecule has 0 saturated carbocycles. The summed E-state index contributed by atoms with van der Waals surface area (Å²) in [5.41, 5.74) is 0.234. The molecule has 0 spiro atoms. The van der Waals surface area contributed by atoms with E-state index in [1.807, 2.05) is 6.92 Å². The number of aromatic nitrogens is 1. The highest BCUT2D eigenvalue weighted by molar-refractivity contribution is 5.92. The predicted molar refractivity (Wildman–Crippen MR) is 83.6 cm³/mol. The molecule has 124 valence electrons. The maximum absolute atomic E-state index is 13.1. The first-order valence-corrected chi connectivity index (χ1v) is 7.48. The average molecular weight is 320 g/mol. The number of carbonyl (C=O) groups excluding carboxylic acids is 1. The summed E-state index contributed by atoms with van der Waals surface area (Å²) in [6.45, 7) is 6.11. The lowest BCUT2D eigenvalue weighted by atomic mass is 10.1. The Bertz CT molecular complexity index is 669. The molecule has 0 aliphatic carbocycles. The number of nitrogens with zero attached hydrogens (tertiary/aromatic N) is 2. The monoisotopic (exact) mass is 320 g/mol. The molecule has 5 nitrogen and oxygen atoms in total. The number of carbonyl (C=O) groups is 1. The molecule has 1 amide bonds. The van der Waals surface area contributed by atoms with Gasteiger partial charge < -0.3 is 14.1 Å². The molecular formula is C17H21FN2O3. The van der Waals surface area contributed by atoms with Gasteiger partial charge >= 0.3 is 0 Å². The van der Waals surface area contributed by atoms with Crippen molar-refractivity contribution in [3.8, 4) is 5.75 Å². The van der Waals surface area contributed by atoms with E-state index in [9.17, 15) is 9.18 Å². The zero-order chi connectivity index (χ0) is 17.0. The third-order valence-electron chi connectivity index (χ3n) is 3.83. The van der Waals surface area contributed by atoms with E-state index in [1.54, 1.807) is 24.1 Å². The Morgan fingerprint density at radius 3 is 2.78 bits per heavy atom. The molecule has 0 N–H and O–H groups in total. The largest absolute Gasteiger partial charge is 0.484 e. The van der Waals surface area contributed by atoms with Crippen LogP contribution in [0.4, 0.5) is 4.39 Å². The molecule has 1 aromatic heterocycles. The number of benzene rings is 1. The van der Waals surface area contributed by atoms with Crippen molar-refractivity contribution in [2.45, 2.75) is 33.4 Å². The van der Waals surface area contributed by atoms with Crippen LogP contribution in [0.3, 0.4) is 0 Å². The van der Waals surface area contributed by atoms with E-state index < -0.39 is 0 Å². The quantitative estimate of drug-likeness (QED) is 0.817. The topological polar surface area (TPSA) is 55.6 Å². The van der Waals surface area contributed by atoms with Crippen LogP contribution in [0.1, 0.15) is 37.2 Å². The third-order valence-corrected chi connectivity index (χ3v) is 3.83. The number of hydrogen-bond acceptors (Lipinski definition) is 4. The van der Waals surface area contributed by atoms with Crippen LogP contribution in [0.25, 0.3) is 0 Å². The first-order chi connectivity index (χ1) is 10.9. The minimum Gasteiger partial charge on any atom is -0.484 e. The highest BCUT2D eigenvalue weighted by atomic mass is 19.1. The van der Waals surface area contributed by atoms with Gasteiger partial charge in [-0.1, -0.05) is 19.9 Å². The van der Waals surface area contributed by atoms with Crippen LogP contribution in [0.2, 0.25) is 0 Å². The molecule has 23 heavy (non-hydrogen) atoms. The van der Waals surface area contributed by atoms with Crippen LogP contribution >= 0.6 is 0 Å². The Morgan fingerprint density at radius 1 is 1.39 bits per heavy atom. The van der Waals surface area contributed by atoms with Crippen molar-refractivity contribution in [1.29, 1.82) is 0 Å². The van der Waals surface area contributed by atoms with E-state index in [0.717, 1.165) is 0 Å². The Balaban J connectivity index is 1.99. The van der Waals surface area contributed by atoms with Crippen molar-refractivity contribution in [3.63, 3.8) is 0 Å². The molecule has 0 saturated heterocycles. The molecule has 0 aliphatic rings. The number of ether oxygens (including phenoxy) is 1. The number of rotatable bonds is 6. The van der Waals surface area contributed by atoms with Gasteiger partial charge in [0.05, 0.1) is 0 Å². The van der Waals surface area contributed by atoms with Gasteiger partial charge in [-0.3, -0.25) is 4.79 Å². The fraction of sp³-hybridized carbons (Fsp3) is 0.412. The molecule has 1 heterocycles. The van der Waals surface area contributed by atoms with Crippen LogP contribution in [-0.2, 0) is 6.61 Å². The minimum atomic E-state index is -0.380. The molecule has 1 aromatic carbocycles. The van der Waals surface area contributed by atoms with Gasteiger partial charge in [0.25, 0.3) is 5.91 Å². The second-order valence-electron chi connectivity index (χ2n) is 5.77. The third kappa shape index (κ3) is 4.31. The van der Waals surface area contributed by atoms with Crippen molar-refractivity contribution in [1.82, 2.24) is 9.88 Å². The van der Waals surface area contributed by atoms with E-state index in [2.05, 4.69) is 18.8 Å². The molecule has 0 bridgehead atoms. The number of halogens is 1. The summed E-state index contributed by atoms with van der Waals surface area (Å²) in [5.74, 6) is 0.401. The number of oxazole rings is 1. The van der Waals surface area contributed by atoms with Gasteiger partial charge in [0, 0.05) is 19.2 Å². The Labute approximate surface area is 135 Å². The summed E-state index contributed by atoms with van der Waals surface area (Å²) in [6.07, 6.45) is 1.32. The minimum absolute atomic E-state index is 0.0280. The van der Waals surface area contributed by atoms with Crippen molar-refractivity contribution in [3.05, 3.63) is 47.9 Å². The normalized spacial score (nSPS) is 12.3. The summed E-state index contributed by atoms with van der Waals surface area (Å²) < 4.78 is 23.7. The lowest BCUT2D eigenvalue weighted by molar-refractivity contribution is 0.0701. The molecule has 0 radical (unpaired) electrons. The highest BCUT2D eigenvalue weighted by Gasteiger charge is 2.22. The van der Waals surface area contributed by atoms with E-state index >= 15 is 0 Å². The first-order valence-electron chi connectivity index (χ1n) is 7.48. The number of hydrogen-bond donors (Lipinski definition) is 0. The zero-order valence-electron chi connectivity index (χ0n) is 13.7. The second-order valence-corrected chi connectivity index (χ2v) is 5.77. The van der Waals surface area contributed by atoms with E-state index in [0.29, 0.717) is 11.7 Å². The second kappa shape index (κ2) is 7.26. The first kappa shape index (κ1) is 17.0. The summed E-state index contributed by atoms with van der Waals surface area (Å²) in [6, 6.07) is 5.88. The van der Waals surface area contributed by atoms with E-state index in [4.69, 9.17) is 9.15 Å². The molecule has 0 aliphatic heterocycles. The average Bonchev–Trinajstić information content (AvgIpc) is 2.99. The Kier molecular flexibility index (Phi) is 5.36. The fourth-order valence-corrected chi connectivity index (χ4v) is 1.99. The van der Waals surface area contributed by atoms with E-state index in [1.165, 1.54) is 18.4 Å². The fourth-order valence-electron chi connectivity index (χ4n) is 1.99. The maximum Gasteiger partial charge on any atom is 0.275 e. The van der Waals surface area contributed by atoms with Crippen LogP contribution in [0.5, 0.6) is 5.75 Å². The molecular weight excluding hydrogens is 299 g/mol. The zero-order valence-corrected chi connectivity index (χ0v) is 13.7. The van der Waals surface area contributed by atoms with Gasteiger partial charge in [0.2, 0.25) is 5.89 Å². The molecule has 2 aromatic rings. The summed E-state index contributed by atoms with van der Waals surface area (Å²) >= 11 is 0. The van der Waals surface area contributed by atoms with Crippen molar-refractivity contribution in [2.75, 3.05) is 7.05 Å². The molecule has 2 rings (SSSR count).